The first-order valence-corrected chi connectivity index (χ1v) is 17.2. The van der Waals surface area contributed by atoms with E-state index in [0.29, 0.717) is 5.52 Å². The Balaban J connectivity index is 1.62. The van der Waals surface area contributed by atoms with Gasteiger partial charge in [0.15, 0.2) is 11.9 Å². The van der Waals surface area contributed by atoms with Gasteiger partial charge in [0.05, 0.1) is 23.6 Å². The fraction of sp³-hybridized carbons (Fsp3) is 0.500. The molecule has 17 heteroatoms. The lowest BCUT2D eigenvalue weighted by atomic mass is 9.89. The number of carbonyl (C=O) groups excluding carboxylic acids is 3. The number of nitrogens with two attached hydrogens (primary N) is 1. The molecule has 3 heterocycles. The second-order valence-corrected chi connectivity index (χ2v) is 14.4. The van der Waals surface area contributed by atoms with Crippen molar-refractivity contribution in [2.45, 2.75) is 90.1 Å². The molecule has 49 heavy (non-hydrogen) atoms. The monoisotopic (exact) mass is 698 g/mol. The van der Waals surface area contributed by atoms with E-state index in [0.717, 1.165) is 0 Å². The zero-order valence-electron chi connectivity index (χ0n) is 28.1. The van der Waals surface area contributed by atoms with Crippen molar-refractivity contribution < 1.29 is 46.9 Å². The number of rotatable bonds is 13. The summed E-state index contributed by atoms with van der Waals surface area (Å²) in [7, 11) is -4.58. The second-order valence-electron chi connectivity index (χ2n) is 12.7. The summed E-state index contributed by atoms with van der Waals surface area (Å²) in [5.74, 6) is -3.38. The summed E-state index contributed by atoms with van der Waals surface area (Å²) in [5.41, 5.74) is 2.34. The molecule has 262 valence electrons. The van der Waals surface area contributed by atoms with Gasteiger partial charge in [-0.15, -0.1) is 0 Å². The Morgan fingerprint density at radius 2 is 1.69 bits per heavy atom. The van der Waals surface area contributed by atoms with E-state index < -0.39 is 79.2 Å². The molecule has 1 aliphatic carbocycles. The first-order valence-electron chi connectivity index (χ1n) is 15.7. The van der Waals surface area contributed by atoms with Crippen LogP contribution in [-0.2, 0) is 48.0 Å². The maximum absolute atomic E-state index is 14.6. The number of nitrogens with one attached hydrogen (secondary N) is 1. The van der Waals surface area contributed by atoms with Crippen LogP contribution in [0.2, 0.25) is 0 Å². The summed E-state index contributed by atoms with van der Waals surface area (Å²) in [6.45, 7) is 11.1. The van der Waals surface area contributed by atoms with Crippen molar-refractivity contribution in [3.05, 3.63) is 54.5 Å². The van der Waals surface area contributed by atoms with Crippen molar-refractivity contribution in [3.63, 3.8) is 0 Å². The molecular formula is C32H39N6O10P. The Bertz CT molecular complexity index is 1830. The summed E-state index contributed by atoms with van der Waals surface area (Å²) in [4.78, 5) is 43.4. The molecular weight excluding hydrogens is 659 g/mol. The smallest absolute Gasteiger partial charge is 0.459 e. The van der Waals surface area contributed by atoms with Crippen LogP contribution < -0.4 is 15.3 Å². The third-order valence-corrected chi connectivity index (χ3v) is 9.57. The average molecular weight is 699 g/mol. The van der Waals surface area contributed by atoms with Gasteiger partial charge in [0.25, 0.3) is 0 Å². The fourth-order valence-corrected chi connectivity index (χ4v) is 7.13. The number of esters is 3. The lowest BCUT2D eigenvalue weighted by Crippen LogP contribution is -2.52. The maximum atomic E-state index is 14.6. The van der Waals surface area contributed by atoms with Crippen molar-refractivity contribution in [2.24, 2.45) is 11.8 Å². The zero-order valence-corrected chi connectivity index (χ0v) is 29.0. The number of aromatic nitrogens is 3. The van der Waals surface area contributed by atoms with Crippen LogP contribution >= 0.6 is 7.75 Å². The predicted octanol–water partition coefficient (Wildman–Crippen LogP) is 3.45. The van der Waals surface area contributed by atoms with Crippen molar-refractivity contribution in [2.75, 3.05) is 5.73 Å². The first-order chi connectivity index (χ1) is 23.1. The number of hydrogen-bond donors (Lipinski definition) is 2. The van der Waals surface area contributed by atoms with Gasteiger partial charge in [0.1, 0.15) is 41.9 Å². The SMILES string of the molecule is CC(C)OC(=O)[C@H](C)NP(=O)(Oc1ccccc1)OC1[C@H]2O[C@@](C#N)(c3ccc4c(N)ncnn34)[C@H](OC(=O)C(C)C)[C@@]12OC(=O)C(C)C. The Kier molecular flexibility index (Phi) is 9.77. The highest BCUT2D eigenvalue weighted by atomic mass is 31.2. The van der Waals surface area contributed by atoms with Crippen LogP contribution in [-0.4, -0.2) is 68.6 Å². The third-order valence-electron chi connectivity index (χ3n) is 7.91. The molecule has 3 aromatic rings. The molecule has 2 unspecified atom stereocenters. The predicted molar refractivity (Wildman–Crippen MR) is 171 cm³/mol. The van der Waals surface area contributed by atoms with Crippen LogP contribution in [0, 0.1) is 23.2 Å². The maximum Gasteiger partial charge on any atom is 0.459 e. The number of nitriles is 1. The molecule has 1 saturated heterocycles. The normalized spacial score (nSPS) is 26.1. The van der Waals surface area contributed by atoms with Crippen LogP contribution in [0.1, 0.15) is 54.2 Å². The van der Waals surface area contributed by atoms with E-state index in [9.17, 15) is 24.2 Å². The molecule has 3 N–H and O–H groups in total. The Morgan fingerprint density at radius 1 is 1.02 bits per heavy atom. The summed E-state index contributed by atoms with van der Waals surface area (Å²) in [6.07, 6.45) is -3.72. The van der Waals surface area contributed by atoms with Crippen LogP contribution in [0.25, 0.3) is 5.52 Å². The summed E-state index contributed by atoms with van der Waals surface area (Å²) < 4.78 is 51.5. The highest BCUT2D eigenvalue weighted by molar-refractivity contribution is 7.52. The molecule has 1 saturated carbocycles. The van der Waals surface area contributed by atoms with E-state index in [1.165, 1.54) is 36.0 Å². The highest BCUT2D eigenvalue weighted by Gasteiger charge is 2.88. The molecule has 0 bridgehead atoms. The van der Waals surface area contributed by atoms with Crippen LogP contribution in [0.5, 0.6) is 5.75 Å². The van der Waals surface area contributed by atoms with Crippen LogP contribution in [0.15, 0.2) is 48.8 Å². The molecule has 2 aliphatic rings. The standard InChI is InChI=1S/C32H39N6O10P/c1-17(2)27(39)44-30-31(15-33,23-14-13-22-26(34)35-16-36-38(22)23)45-24-25(32(24,30)46-28(40)18(3)4)48-49(42,47-21-11-9-8-10-12-21)37-20(7)29(41)43-19(5)6/h8-14,16-20,24-25,30H,1-7H3,(H,37,42)(H2,34,35,36)/t20-,24+,25?,30-,31-,32-,49?/m0/s1. The number of carbonyl (C=O) groups is 3. The minimum absolute atomic E-state index is 0.0958. The molecule has 16 nitrogen and oxygen atoms in total. The Hall–Kier alpha value is -4.55. The minimum atomic E-state index is -4.58. The number of benzene rings is 1. The van der Waals surface area contributed by atoms with E-state index in [4.69, 9.17) is 33.7 Å². The van der Waals surface area contributed by atoms with E-state index in [1.54, 1.807) is 65.8 Å². The molecule has 2 aromatic heterocycles. The van der Waals surface area contributed by atoms with Gasteiger partial charge in [-0.25, -0.2) is 14.1 Å². The lowest BCUT2D eigenvalue weighted by molar-refractivity contribution is -0.187. The van der Waals surface area contributed by atoms with Gasteiger partial charge in [-0.05, 0) is 45.0 Å². The molecule has 2 fully saturated rings. The summed E-state index contributed by atoms with van der Waals surface area (Å²) in [6, 6.07) is 12.0. The third kappa shape index (κ3) is 6.59. The summed E-state index contributed by atoms with van der Waals surface area (Å²) in [5, 5.41) is 17.7. The quantitative estimate of drug-likeness (QED) is 0.148. The van der Waals surface area contributed by atoms with Gasteiger partial charge >= 0.3 is 25.7 Å². The first kappa shape index (κ1) is 35.7. The largest absolute Gasteiger partial charge is 0.462 e. The number of fused-ring (bicyclic) bond motifs is 2. The van der Waals surface area contributed by atoms with Crippen molar-refractivity contribution in [1.82, 2.24) is 19.7 Å². The van der Waals surface area contributed by atoms with Gasteiger partial charge in [0, 0.05) is 0 Å². The van der Waals surface area contributed by atoms with Gasteiger partial charge < -0.3 is 29.2 Å². The topological polar surface area (TPSA) is 216 Å². The van der Waals surface area contributed by atoms with E-state index >= 15 is 0 Å². The molecule has 0 radical (unpaired) electrons. The molecule has 0 amide bonds. The Labute approximate surface area is 282 Å². The number of anilines is 1. The van der Waals surface area contributed by atoms with Gasteiger partial charge in [0.2, 0.25) is 11.2 Å². The van der Waals surface area contributed by atoms with Crippen LogP contribution in [0.4, 0.5) is 5.82 Å². The molecule has 1 aromatic carbocycles. The Morgan fingerprint density at radius 3 is 2.31 bits per heavy atom. The van der Waals surface area contributed by atoms with Crippen LogP contribution in [0.3, 0.4) is 0 Å². The van der Waals surface area contributed by atoms with Gasteiger partial charge in [-0.2, -0.15) is 15.4 Å². The molecule has 5 rings (SSSR count). The van der Waals surface area contributed by atoms with E-state index in [-0.39, 0.29) is 17.3 Å². The number of nitrogen functional groups attached to an aromatic ring is 1. The van der Waals surface area contributed by atoms with E-state index in [2.05, 4.69) is 21.2 Å². The second kappa shape index (κ2) is 13.4. The molecule has 1 aliphatic heterocycles. The highest BCUT2D eigenvalue weighted by Crippen LogP contribution is 2.66. The van der Waals surface area contributed by atoms with Crippen molar-refractivity contribution in [3.8, 4) is 11.8 Å². The lowest BCUT2D eigenvalue weighted by Gasteiger charge is -2.35. The average Bonchev–Trinajstić information content (AvgIpc) is 3.29. The number of nitrogens with zero attached hydrogens (tertiary/aromatic N) is 4. The fourth-order valence-electron chi connectivity index (χ4n) is 5.42. The minimum Gasteiger partial charge on any atom is -0.462 e. The van der Waals surface area contributed by atoms with Gasteiger partial charge in [-0.3, -0.25) is 18.9 Å². The zero-order chi connectivity index (χ0) is 35.9. The van der Waals surface area contributed by atoms with Gasteiger partial charge in [-0.1, -0.05) is 45.9 Å². The number of hydrogen-bond acceptors (Lipinski definition) is 14. The summed E-state index contributed by atoms with van der Waals surface area (Å²) >= 11 is 0. The van der Waals surface area contributed by atoms with E-state index in [1.807, 2.05) is 0 Å². The van der Waals surface area contributed by atoms with Crippen molar-refractivity contribution in [1.29, 1.82) is 5.26 Å². The van der Waals surface area contributed by atoms with Crippen molar-refractivity contribution >= 4 is 37.0 Å². The number of ether oxygens (including phenoxy) is 4. The molecule has 7 atom stereocenters. The molecule has 0 spiro atoms. The number of para-hydroxylation sites is 1.